The first-order valence-electron chi connectivity index (χ1n) is 9.66. The first-order chi connectivity index (χ1) is 14.4. The van der Waals surface area contributed by atoms with Crippen LogP contribution in [-0.2, 0) is 19.1 Å². The van der Waals surface area contributed by atoms with Crippen LogP contribution in [0.4, 0.5) is 0 Å². The molecule has 2 rings (SSSR count). The van der Waals surface area contributed by atoms with Crippen LogP contribution >= 0.6 is 0 Å². The Balaban J connectivity index is 1.87. The van der Waals surface area contributed by atoms with Gasteiger partial charge in [-0.1, -0.05) is 60.7 Å². The molecule has 0 heterocycles. The van der Waals surface area contributed by atoms with E-state index in [1.807, 2.05) is 12.1 Å². The van der Waals surface area contributed by atoms with Crippen LogP contribution in [0, 0.1) is 0 Å². The van der Waals surface area contributed by atoms with Gasteiger partial charge >= 0.3 is 11.9 Å². The van der Waals surface area contributed by atoms with Gasteiger partial charge < -0.3 is 19.7 Å². The summed E-state index contributed by atoms with van der Waals surface area (Å²) < 4.78 is 10.2. The summed E-state index contributed by atoms with van der Waals surface area (Å²) >= 11 is 0. The Morgan fingerprint density at radius 2 is 1.07 bits per heavy atom. The third-order valence-corrected chi connectivity index (χ3v) is 4.55. The molecule has 8 nitrogen and oxygen atoms in total. The minimum atomic E-state index is -1.19. The molecule has 2 aromatic rings. The standard InChI is InChI=1S/C22H28N2O6/c1-23-19(13-17(25)15-9-5-3-6-10-15)29-21(27)22(28)30-20(24-2)14-18(26)16-11-7-4-8-12-16/h3-12,17-20,23-26H,13-14H2,1-2H3/t17-,18-,19?,20?/m0/s1. The molecule has 0 radical (unpaired) electrons. The summed E-state index contributed by atoms with van der Waals surface area (Å²) in [5, 5.41) is 26.0. The van der Waals surface area contributed by atoms with Crippen LogP contribution in [0.1, 0.15) is 36.2 Å². The second-order valence-corrected chi connectivity index (χ2v) is 6.69. The van der Waals surface area contributed by atoms with Gasteiger partial charge in [0.15, 0.2) is 12.5 Å². The molecule has 0 bridgehead atoms. The van der Waals surface area contributed by atoms with Crippen LogP contribution in [0.5, 0.6) is 0 Å². The van der Waals surface area contributed by atoms with Gasteiger partial charge in [0, 0.05) is 12.8 Å². The summed E-state index contributed by atoms with van der Waals surface area (Å²) in [5.41, 5.74) is 1.34. The Kier molecular flexibility index (Phi) is 9.43. The van der Waals surface area contributed by atoms with Gasteiger partial charge in [-0.2, -0.15) is 0 Å². The van der Waals surface area contributed by atoms with Gasteiger partial charge in [-0.05, 0) is 25.2 Å². The Morgan fingerprint density at radius 3 is 1.37 bits per heavy atom. The fourth-order valence-corrected chi connectivity index (χ4v) is 2.83. The van der Waals surface area contributed by atoms with Crippen LogP contribution in [0.25, 0.3) is 0 Å². The fraction of sp³-hybridized carbons (Fsp3) is 0.364. The third-order valence-electron chi connectivity index (χ3n) is 4.55. The Morgan fingerprint density at radius 1 is 0.733 bits per heavy atom. The van der Waals surface area contributed by atoms with E-state index in [9.17, 15) is 19.8 Å². The highest BCUT2D eigenvalue weighted by Gasteiger charge is 2.27. The number of hydrogen-bond donors (Lipinski definition) is 4. The maximum atomic E-state index is 12.1. The summed E-state index contributed by atoms with van der Waals surface area (Å²) in [5.74, 6) is -2.38. The molecule has 4 atom stereocenters. The Labute approximate surface area is 175 Å². The number of hydrogen-bond acceptors (Lipinski definition) is 8. The minimum Gasteiger partial charge on any atom is -0.438 e. The van der Waals surface area contributed by atoms with Crippen molar-refractivity contribution in [2.75, 3.05) is 14.1 Å². The number of ether oxygens (including phenoxy) is 2. The summed E-state index contributed by atoms with van der Waals surface area (Å²) in [6, 6.07) is 17.8. The maximum Gasteiger partial charge on any atom is 0.419 e. The van der Waals surface area contributed by atoms with Gasteiger partial charge in [-0.3, -0.25) is 10.6 Å². The van der Waals surface area contributed by atoms with Gasteiger partial charge in [-0.25, -0.2) is 9.59 Å². The van der Waals surface area contributed by atoms with Crippen LogP contribution in [0.3, 0.4) is 0 Å². The smallest absolute Gasteiger partial charge is 0.419 e. The average molecular weight is 416 g/mol. The third kappa shape index (κ3) is 7.23. The lowest BCUT2D eigenvalue weighted by Gasteiger charge is -2.22. The lowest BCUT2D eigenvalue weighted by molar-refractivity contribution is -0.177. The lowest BCUT2D eigenvalue weighted by Crippen LogP contribution is -2.39. The van der Waals surface area contributed by atoms with Crippen LogP contribution in [0.2, 0.25) is 0 Å². The summed E-state index contributed by atoms with van der Waals surface area (Å²) in [6.07, 6.45) is -3.41. The van der Waals surface area contributed by atoms with E-state index < -0.39 is 36.6 Å². The van der Waals surface area contributed by atoms with E-state index in [1.54, 1.807) is 62.6 Å². The summed E-state index contributed by atoms with van der Waals surface area (Å²) in [6.45, 7) is 0. The monoisotopic (exact) mass is 416 g/mol. The largest absolute Gasteiger partial charge is 0.438 e. The van der Waals surface area contributed by atoms with Crippen molar-refractivity contribution >= 4 is 11.9 Å². The molecule has 30 heavy (non-hydrogen) atoms. The van der Waals surface area contributed by atoms with E-state index >= 15 is 0 Å². The first kappa shape index (κ1) is 23.5. The number of nitrogens with one attached hydrogen (secondary N) is 2. The van der Waals surface area contributed by atoms with Crippen molar-refractivity contribution in [1.29, 1.82) is 0 Å². The van der Waals surface area contributed by atoms with Crippen molar-refractivity contribution in [2.45, 2.75) is 37.5 Å². The molecular formula is C22H28N2O6. The molecule has 0 saturated heterocycles. The molecule has 0 fully saturated rings. The molecular weight excluding hydrogens is 388 g/mol. The number of benzene rings is 2. The zero-order valence-corrected chi connectivity index (χ0v) is 17.0. The molecule has 0 aliphatic rings. The number of esters is 2. The zero-order chi connectivity index (χ0) is 21.9. The Bertz CT molecular complexity index is 719. The normalized spacial score (nSPS) is 14.9. The minimum absolute atomic E-state index is 0.0573. The topological polar surface area (TPSA) is 117 Å². The van der Waals surface area contributed by atoms with Crippen LogP contribution in [0.15, 0.2) is 60.7 Å². The van der Waals surface area contributed by atoms with Crippen molar-refractivity contribution in [3.05, 3.63) is 71.8 Å². The first-order valence-corrected chi connectivity index (χ1v) is 9.66. The SMILES string of the molecule is CNC(C[C@H](O)c1ccccc1)OC(=O)C(=O)OC(C[C@H](O)c1ccccc1)NC. The molecule has 0 amide bonds. The molecule has 2 aromatic carbocycles. The van der Waals surface area contributed by atoms with Gasteiger partial charge in [0.25, 0.3) is 0 Å². The quantitative estimate of drug-likeness (QED) is 0.261. The van der Waals surface area contributed by atoms with Gasteiger partial charge in [-0.15, -0.1) is 0 Å². The molecule has 4 N–H and O–H groups in total. The van der Waals surface area contributed by atoms with E-state index in [0.717, 1.165) is 0 Å². The number of aliphatic hydroxyl groups excluding tert-OH is 2. The van der Waals surface area contributed by atoms with Crippen molar-refractivity contribution in [3.63, 3.8) is 0 Å². The van der Waals surface area contributed by atoms with E-state index in [-0.39, 0.29) is 12.8 Å². The lowest BCUT2D eigenvalue weighted by atomic mass is 10.1. The molecule has 0 spiro atoms. The van der Waals surface area contributed by atoms with Crippen LogP contribution < -0.4 is 10.6 Å². The fourth-order valence-electron chi connectivity index (χ4n) is 2.83. The molecule has 2 unspecified atom stereocenters. The number of rotatable bonds is 10. The molecule has 0 aliphatic heterocycles. The molecule has 0 aliphatic carbocycles. The maximum absolute atomic E-state index is 12.1. The molecule has 8 heteroatoms. The number of aliphatic hydroxyl groups is 2. The Hall–Kier alpha value is -2.78. The molecule has 0 saturated carbocycles. The highest BCUT2D eigenvalue weighted by molar-refractivity contribution is 6.29. The highest BCUT2D eigenvalue weighted by atomic mass is 16.6. The summed E-state index contributed by atoms with van der Waals surface area (Å²) in [7, 11) is 3.10. The van der Waals surface area contributed by atoms with Crippen molar-refractivity contribution in [1.82, 2.24) is 10.6 Å². The second-order valence-electron chi connectivity index (χ2n) is 6.69. The van der Waals surface area contributed by atoms with Gasteiger partial charge in [0.2, 0.25) is 0 Å². The van der Waals surface area contributed by atoms with Gasteiger partial charge in [0.1, 0.15) is 0 Å². The predicted octanol–water partition coefficient (Wildman–Crippen LogP) is 1.41. The molecule has 162 valence electrons. The van der Waals surface area contributed by atoms with E-state index in [1.165, 1.54) is 0 Å². The second kappa shape index (κ2) is 12.0. The molecule has 0 aromatic heterocycles. The predicted molar refractivity (Wildman–Crippen MR) is 110 cm³/mol. The zero-order valence-electron chi connectivity index (χ0n) is 17.0. The van der Waals surface area contributed by atoms with Crippen molar-refractivity contribution in [2.24, 2.45) is 0 Å². The van der Waals surface area contributed by atoms with Crippen molar-refractivity contribution < 1.29 is 29.3 Å². The van der Waals surface area contributed by atoms with Gasteiger partial charge in [0.05, 0.1) is 12.2 Å². The number of carbonyl (C=O) groups is 2. The van der Waals surface area contributed by atoms with Crippen molar-refractivity contribution in [3.8, 4) is 0 Å². The summed E-state index contributed by atoms with van der Waals surface area (Å²) in [4.78, 5) is 24.3. The highest BCUT2D eigenvalue weighted by Crippen LogP contribution is 2.20. The average Bonchev–Trinajstić information content (AvgIpc) is 2.78. The van der Waals surface area contributed by atoms with E-state index in [4.69, 9.17) is 9.47 Å². The van der Waals surface area contributed by atoms with Crippen LogP contribution in [-0.4, -0.2) is 48.7 Å². The van der Waals surface area contributed by atoms with E-state index in [2.05, 4.69) is 10.6 Å². The van der Waals surface area contributed by atoms with E-state index in [0.29, 0.717) is 11.1 Å². The number of carbonyl (C=O) groups excluding carboxylic acids is 2.